The number of amides is 1. The molecule has 0 saturated heterocycles. The van der Waals surface area contributed by atoms with Crippen molar-refractivity contribution in [1.82, 2.24) is 5.32 Å². The number of hydrogen-bond acceptors (Lipinski definition) is 2. The Morgan fingerprint density at radius 1 is 0.846 bits per heavy atom. The quantitative estimate of drug-likeness (QED) is 0.507. The number of nitrogens with one attached hydrogen (secondary N) is 1. The average molecular weight is 357 g/mol. The van der Waals surface area contributed by atoms with Crippen molar-refractivity contribution >= 4 is 28.0 Å². The lowest BCUT2D eigenvalue weighted by atomic mass is 10.0. The lowest BCUT2D eigenvalue weighted by Gasteiger charge is -2.11. The number of benzene rings is 3. The Labute approximate surface area is 157 Å². The Bertz CT molecular complexity index is 1030. The van der Waals surface area contributed by atoms with E-state index in [9.17, 15) is 4.79 Å². The highest BCUT2D eigenvalue weighted by molar-refractivity contribution is 7.08. The van der Waals surface area contributed by atoms with Gasteiger partial charge in [-0.2, -0.15) is 11.3 Å². The van der Waals surface area contributed by atoms with E-state index in [4.69, 9.17) is 0 Å². The third-order valence-corrected chi connectivity index (χ3v) is 5.24. The molecule has 0 saturated carbocycles. The van der Waals surface area contributed by atoms with Crippen LogP contribution in [0.15, 0.2) is 83.6 Å². The molecule has 0 radical (unpaired) electrons. The molecule has 128 valence electrons. The summed E-state index contributed by atoms with van der Waals surface area (Å²) in [6, 6.07) is 24.6. The Morgan fingerprint density at radius 2 is 1.62 bits per heavy atom. The molecule has 1 heterocycles. The summed E-state index contributed by atoms with van der Waals surface area (Å²) in [5.41, 5.74) is 4.58. The van der Waals surface area contributed by atoms with Crippen LogP contribution >= 0.6 is 11.3 Å². The van der Waals surface area contributed by atoms with E-state index in [1.807, 2.05) is 36.4 Å². The molecule has 0 aliphatic heterocycles. The van der Waals surface area contributed by atoms with Gasteiger partial charge in [-0.05, 0) is 49.9 Å². The fourth-order valence-electron chi connectivity index (χ4n) is 3.25. The first-order valence-corrected chi connectivity index (χ1v) is 9.59. The van der Waals surface area contributed by atoms with Gasteiger partial charge in [0.05, 0.1) is 6.42 Å². The Balaban J connectivity index is 1.48. The summed E-state index contributed by atoms with van der Waals surface area (Å²) in [6.45, 7) is 0.537. The normalized spacial score (nSPS) is 10.8. The third-order valence-electron chi connectivity index (χ3n) is 4.56. The van der Waals surface area contributed by atoms with Gasteiger partial charge < -0.3 is 5.32 Å². The average Bonchev–Trinajstić information content (AvgIpc) is 3.21. The summed E-state index contributed by atoms with van der Waals surface area (Å²) in [4.78, 5) is 12.5. The molecule has 0 atom stereocenters. The second-order valence-electron chi connectivity index (χ2n) is 6.26. The maximum Gasteiger partial charge on any atom is 0.224 e. The zero-order valence-electron chi connectivity index (χ0n) is 14.3. The fourth-order valence-corrected chi connectivity index (χ4v) is 3.91. The maximum absolute atomic E-state index is 12.5. The van der Waals surface area contributed by atoms with E-state index < -0.39 is 0 Å². The molecular formula is C23H19NOS. The van der Waals surface area contributed by atoms with Gasteiger partial charge >= 0.3 is 0 Å². The van der Waals surface area contributed by atoms with Crippen LogP contribution in [0.1, 0.15) is 11.1 Å². The van der Waals surface area contributed by atoms with E-state index in [-0.39, 0.29) is 5.91 Å². The van der Waals surface area contributed by atoms with E-state index in [2.05, 4.69) is 52.5 Å². The van der Waals surface area contributed by atoms with Gasteiger partial charge in [-0.3, -0.25) is 4.79 Å². The van der Waals surface area contributed by atoms with Crippen molar-refractivity contribution in [3.8, 4) is 11.1 Å². The minimum absolute atomic E-state index is 0.0430. The van der Waals surface area contributed by atoms with Crippen molar-refractivity contribution in [2.24, 2.45) is 0 Å². The van der Waals surface area contributed by atoms with Gasteiger partial charge in [0.2, 0.25) is 5.91 Å². The monoisotopic (exact) mass is 357 g/mol. The number of carbonyl (C=O) groups excluding carboxylic acids is 1. The van der Waals surface area contributed by atoms with Crippen LogP contribution < -0.4 is 5.32 Å². The van der Waals surface area contributed by atoms with Crippen molar-refractivity contribution in [3.05, 3.63) is 94.7 Å². The maximum atomic E-state index is 12.5. The van der Waals surface area contributed by atoms with E-state index in [0.717, 1.165) is 16.5 Å². The molecule has 0 spiro atoms. The lowest BCUT2D eigenvalue weighted by molar-refractivity contribution is -0.120. The van der Waals surface area contributed by atoms with E-state index in [1.54, 1.807) is 11.3 Å². The summed E-state index contributed by atoms with van der Waals surface area (Å²) in [5, 5.41) is 9.60. The minimum Gasteiger partial charge on any atom is -0.352 e. The third kappa shape index (κ3) is 3.53. The van der Waals surface area contributed by atoms with Gasteiger partial charge in [0.15, 0.2) is 0 Å². The van der Waals surface area contributed by atoms with Crippen molar-refractivity contribution in [3.63, 3.8) is 0 Å². The van der Waals surface area contributed by atoms with Crippen molar-refractivity contribution in [1.29, 1.82) is 0 Å². The molecule has 0 fully saturated rings. The van der Waals surface area contributed by atoms with Crippen molar-refractivity contribution in [2.75, 3.05) is 0 Å². The number of hydrogen-bond donors (Lipinski definition) is 1. The summed E-state index contributed by atoms with van der Waals surface area (Å²) in [6.07, 6.45) is 0.391. The summed E-state index contributed by atoms with van der Waals surface area (Å²) in [7, 11) is 0. The molecule has 3 aromatic carbocycles. The lowest BCUT2D eigenvalue weighted by Crippen LogP contribution is -2.24. The molecule has 1 amide bonds. The van der Waals surface area contributed by atoms with Crippen LogP contribution in [0.5, 0.6) is 0 Å². The predicted molar refractivity (Wildman–Crippen MR) is 109 cm³/mol. The molecule has 1 aromatic heterocycles. The van der Waals surface area contributed by atoms with Crippen LogP contribution in [0.2, 0.25) is 0 Å². The van der Waals surface area contributed by atoms with Crippen LogP contribution in [0.3, 0.4) is 0 Å². The second kappa shape index (κ2) is 7.54. The topological polar surface area (TPSA) is 29.1 Å². The molecular weight excluding hydrogens is 338 g/mol. The zero-order chi connectivity index (χ0) is 17.8. The molecule has 0 aliphatic carbocycles. The van der Waals surface area contributed by atoms with Gasteiger partial charge in [0.1, 0.15) is 0 Å². The van der Waals surface area contributed by atoms with E-state index in [1.165, 1.54) is 16.5 Å². The number of rotatable bonds is 5. The van der Waals surface area contributed by atoms with Crippen LogP contribution in [0.4, 0.5) is 0 Å². The van der Waals surface area contributed by atoms with Crippen molar-refractivity contribution in [2.45, 2.75) is 13.0 Å². The van der Waals surface area contributed by atoms with Gasteiger partial charge in [-0.25, -0.2) is 0 Å². The minimum atomic E-state index is 0.0430. The van der Waals surface area contributed by atoms with E-state index >= 15 is 0 Å². The Kier molecular flexibility index (Phi) is 4.80. The highest BCUT2D eigenvalue weighted by Gasteiger charge is 2.09. The fraction of sp³-hybridized carbons (Fsp3) is 0.0870. The predicted octanol–water partition coefficient (Wildman–Crippen LogP) is 5.43. The molecule has 26 heavy (non-hydrogen) atoms. The van der Waals surface area contributed by atoms with Crippen LogP contribution in [-0.2, 0) is 17.8 Å². The van der Waals surface area contributed by atoms with Gasteiger partial charge in [0.25, 0.3) is 0 Å². The molecule has 2 nitrogen and oxygen atoms in total. The highest BCUT2D eigenvalue weighted by atomic mass is 32.1. The van der Waals surface area contributed by atoms with E-state index in [0.29, 0.717) is 13.0 Å². The van der Waals surface area contributed by atoms with Crippen LogP contribution in [0.25, 0.3) is 21.9 Å². The molecule has 0 aliphatic rings. The largest absolute Gasteiger partial charge is 0.352 e. The number of carbonyl (C=O) groups is 1. The first-order valence-electron chi connectivity index (χ1n) is 8.65. The smallest absolute Gasteiger partial charge is 0.224 e. The molecule has 4 aromatic rings. The SMILES string of the molecule is O=C(Cc1cccc2ccccc12)NCc1ccccc1-c1ccsc1. The Hall–Kier alpha value is -2.91. The van der Waals surface area contributed by atoms with Gasteiger partial charge in [-0.1, -0.05) is 66.7 Å². The molecule has 4 rings (SSSR count). The first kappa shape index (κ1) is 16.6. The molecule has 0 unspecified atom stereocenters. The van der Waals surface area contributed by atoms with Crippen molar-refractivity contribution < 1.29 is 4.79 Å². The first-order chi connectivity index (χ1) is 12.8. The van der Waals surface area contributed by atoms with Gasteiger partial charge in [-0.15, -0.1) is 0 Å². The van der Waals surface area contributed by atoms with Crippen LogP contribution in [-0.4, -0.2) is 5.91 Å². The summed E-state index contributed by atoms with van der Waals surface area (Å²) in [5.74, 6) is 0.0430. The molecule has 0 bridgehead atoms. The molecule has 1 N–H and O–H groups in total. The highest BCUT2D eigenvalue weighted by Crippen LogP contribution is 2.26. The van der Waals surface area contributed by atoms with Gasteiger partial charge in [0, 0.05) is 6.54 Å². The standard InChI is InChI=1S/C23H19NOS/c25-23(14-18-9-5-8-17-6-1-3-10-21(17)18)24-15-19-7-2-4-11-22(19)20-12-13-26-16-20/h1-13,16H,14-15H2,(H,24,25). The summed E-state index contributed by atoms with van der Waals surface area (Å²) < 4.78 is 0. The molecule has 3 heteroatoms. The second-order valence-corrected chi connectivity index (χ2v) is 7.04. The van der Waals surface area contributed by atoms with Crippen LogP contribution in [0, 0.1) is 0 Å². The zero-order valence-corrected chi connectivity index (χ0v) is 15.1. The Morgan fingerprint density at radius 3 is 2.50 bits per heavy atom. The summed E-state index contributed by atoms with van der Waals surface area (Å²) >= 11 is 1.68. The number of fused-ring (bicyclic) bond motifs is 1. The number of thiophene rings is 1.